The van der Waals surface area contributed by atoms with Crippen molar-refractivity contribution in [3.8, 4) is 0 Å². The van der Waals surface area contributed by atoms with Gasteiger partial charge in [-0.2, -0.15) is 0 Å². The lowest BCUT2D eigenvalue weighted by Gasteiger charge is -2.04. The fourth-order valence-electron chi connectivity index (χ4n) is 0.548. The number of nitrogens with one attached hydrogen (secondary N) is 1. The molecule has 1 amide bonds. The van der Waals surface area contributed by atoms with Gasteiger partial charge in [-0.05, 0) is 6.92 Å². The van der Waals surface area contributed by atoms with E-state index in [-0.39, 0.29) is 5.91 Å². The molecule has 64 valence electrons. The van der Waals surface area contributed by atoms with Crippen LogP contribution in [0.1, 0.15) is 20.8 Å². The Morgan fingerprint density at radius 2 is 2.18 bits per heavy atom. The Balaban J connectivity index is 3.65. The predicted octanol–water partition coefficient (Wildman–Crippen LogP) is 0.416. The van der Waals surface area contributed by atoms with E-state index in [4.69, 9.17) is 5.73 Å². The lowest BCUT2D eigenvalue weighted by atomic mass is 10.2. The van der Waals surface area contributed by atoms with Gasteiger partial charge in [0.05, 0.1) is 0 Å². The average Bonchev–Trinajstić information content (AvgIpc) is 1.86. The second kappa shape index (κ2) is 4.91. The Hall–Kier alpha value is -0.830. The molecule has 3 nitrogen and oxygen atoms in total. The first-order valence-electron chi connectivity index (χ1n) is 3.74. The van der Waals surface area contributed by atoms with E-state index in [0.29, 0.717) is 18.2 Å². The maximum atomic E-state index is 10.5. The molecule has 0 aliphatic heterocycles. The first kappa shape index (κ1) is 10.2. The number of primary amides is 1. The van der Waals surface area contributed by atoms with Gasteiger partial charge in [-0.1, -0.05) is 19.9 Å². The zero-order chi connectivity index (χ0) is 8.85. The van der Waals surface area contributed by atoms with Gasteiger partial charge >= 0.3 is 0 Å². The molecule has 0 unspecified atom stereocenters. The Morgan fingerprint density at radius 1 is 1.64 bits per heavy atom. The molecule has 0 aromatic rings. The smallest absolute Gasteiger partial charge is 0.244 e. The van der Waals surface area contributed by atoms with Gasteiger partial charge in [-0.15, -0.1) is 0 Å². The average molecular weight is 156 g/mol. The fourth-order valence-corrected chi connectivity index (χ4v) is 0.548. The minimum Gasteiger partial charge on any atom is -0.366 e. The molecule has 0 aliphatic carbocycles. The van der Waals surface area contributed by atoms with Crippen molar-refractivity contribution >= 4 is 5.91 Å². The summed E-state index contributed by atoms with van der Waals surface area (Å²) < 4.78 is 0. The Bertz CT molecular complexity index is 161. The molecule has 0 aromatic carbocycles. The summed E-state index contributed by atoms with van der Waals surface area (Å²) >= 11 is 0. The fraction of sp³-hybridized carbons (Fsp3) is 0.625. The molecule has 0 saturated carbocycles. The van der Waals surface area contributed by atoms with Crippen LogP contribution in [-0.2, 0) is 4.79 Å². The summed E-state index contributed by atoms with van der Waals surface area (Å²) in [6, 6.07) is 0.437. The van der Waals surface area contributed by atoms with Gasteiger partial charge in [0.15, 0.2) is 0 Å². The molecule has 0 bridgehead atoms. The molecule has 0 saturated heterocycles. The second-order valence-corrected chi connectivity index (χ2v) is 2.81. The first-order valence-corrected chi connectivity index (χ1v) is 3.74. The van der Waals surface area contributed by atoms with Crippen molar-refractivity contribution in [3.63, 3.8) is 0 Å². The van der Waals surface area contributed by atoms with Crippen LogP contribution in [-0.4, -0.2) is 18.5 Å². The van der Waals surface area contributed by atoms with Crippen molar-refractivity contribution < 1.29 is 4.79 Å². The van der Waals surface area contributed by atoms with E-state index in [9.17, 15) is 4.79 Å². The highest BCUT2D eigenvalue weighted by atomic mass is 16.1. The molecular weight excluding hydrogens is 140 g/mol. The van der Waals surface area contributed by atoms with Crippen LogP contribution < -0.4 is 11.1 Å². The van der Waals surface area contributed by atoms with Crippen molar-refractivity contribution in [1.29, 1.82) is 0 Å². The van der Waals surface area contributed by atoms with Crippen molar-refractivity contribution in [2.24, 2.45) is 5.73 Å². The van der Waals surface area contributed by atoms with Gasteiger partial charge in [-0.3, -0.25) is 4.79 Å². The molecule has 0 aromatic heterocycles. The molecule has 0 atom stereocenters. The van der Waals surface area contributed by atoms with Crippen LogP contribution in [0.5, 0.6) is 0 Å². The van der Waals surface area contributed by atoms with Crippen molar-refractivity contribution in [3.05, 3.63) is 11.6 Å². The Morgan fingerprint density at radius 3 is 2.55 bits per heavy atom. The number of hydrogen-bond acceptors (Lipinski definition) is 2. The number of carbonyl (C=O) groups excluding carboxylic acids is 1. The van der Waals surface area contributed by atoms with E-state index in [1.54, 1.807) is 13.0 Å². The molecular formula is C8H16N2O. The maximum Gasteiger partial charge on any atom is 0.244 e. The minimum atomic E-state index is -0.351. The van der Waals surface area contributed by atoms with Crippen molar-refractivity contribution in [1.82, 2.24) is 5.32 Å². The van der Waals surface area contributed by atoms with Crippen LogP contribution >= 0.6 is 0 Å². The zero-order valence-corrected chi connectivity index (χ0v) is 7.35. The van der Waals surface area contributed by atoms with Crippen molar-refractivity contribution in [2.75, 3.05) is 6.54 Å². The van der Waals surface area contributed by atoms with Crippen LogP contribution in [0.15, 0.2) is 11.6 Å². The monoisotopic (exact) mass is 156 g/mol. The minimum absolute atomic E-state index is 0.351. The third-order valence-electron chi connectivity index (χ3n) is 1.32. The van der Waals surface area contributed by atoms with E-state index in [0.717, 1.165) is 0 Å². The summed E-state index contributed by atoms with van der Waals surface area (Å²) in [7, 11) is 0. The highest BCUT2D eigenvalue weighted by Gasteiger charge is 1.95. The molecule has 11 heavy (non-hydrogen) atoms. The number of carbonyl (C=O) groups is 1. The SMILES string of the molecule is C/C(=C\CNC(C)C)C(N)=O. The van der Waals surface area contributed by atoms with E-state index >= 15 is 0 Å². The lowest BCUT2D eigenvalue weighted by molar-refractivity contribution is -0.114. The summed E-state index contributed by atoms with van der Waals surface area (Å²) in [4.78, 5) is 10.5. The molecule has 0 heterocycles. The third kappa shape index (κ3) is 5.61. The van der Waals surface area contributed by atoms with Gasteiger partial charge in [-0.25, -0.2) is 0 Å². The van der Waals surface area contributed by atoms with E-state index in [1.165, 1.54) is 0 Å². The normalized spacial score (nSPS) is 12.2. The van der Waals surface area contributed by atoms with Gasteiger partial charge in [0, 0.05) is 18.2 Å². The zero-order valence-electron chi connectivity index (χ0n) is 7.35. The van der Waals surface area contributed by atoms with Gasteiger partial charge in [0.2, 0.25) is 5.91 Å². The van der Waals surface area contributed by atoms with Gasteiger partial charge in [0.25, 0.3) is 0 Å². The van der Waals surface area contributed by atoms with Gasteiger partial charge in [0.1, 0.15) is 0 Å². The standard InChI is InChI=1S/C8H16N2O/c1-6(2)10-5-4-7(3)8(9)11/h4,6,10H,5H2,1-3H3,(H2,9,11)/b7-4+. The van der Waals surface area contributed by atoms with E-state index in [2.05, 4.69) is 5.32 Å². The summed E-state index contributed by atoms with van der Waals surface area (Å²) in [6.45, 7) is 6.51. The summed E-state index contributed by atoms with van der Waals surface area (Å²) in [6.07, 6.45) is 1.79. The predicted molar refractivity (Wildman–Crippen MR) is 46.1 cm³/mol. The van der Waals surface area contributed by atoms with Gasteiger partial charge < -0.3 is 11.1 Å². The van der Waals surface area contributed by atoms with E-state index < -0.39 is 0 Å². The number of rotatable bonds is 4. The van der Waals surface area contributed by atoms with Crippen LogP contribution in [0, 0.1) is 0 Å². The van der Waals surface area contributed by atoms with Crippen LogP contribution in [0.3, 0.4) is 0 Å². The highest BCUT2D eigenvalue weighted by molar-refractivity contribution is 5.91. The second-order valence-electron chi connectivity index (χ2n) is 2.81. The van der Waals surface area contributed by atoms with Crippen LogP contribution in [0.4, 0.5) is 0 Å². The number of nitrogens with two attached hydrogens (primary N) is 1. The molecule has 0 radical (unpaired) electrons. The molecule has 3 heteroatoms. The Labute approximate surface area is 67.7 Å². The molecule has 0 spiro atoms. The quantitative estimate of drug-likeness (QED) is 0.579. The van der Waals surface area contributed by atoms with E-state index in [1.807, 2.05) is 13.8 Å². The number of hydrogen-bond donors (Lipinski definition) is 2. The summed E-state index contributed by atoms with van der Waals surface area (Å²) in [5, 5.41) is 3.15. The first-order chi connectivity index (χ1) is 5.04. The topological polar surface area (TPSA) is 55.1 Å². The summed E-state index contributed by atoms with van der Waals surface area (Å²) in [5.41, 5.74) is 5.63. The van der Waals surface area contributed by atoms with Crippen LogP contribution in [0.2, 0.25) is 0 Å². The largest absolute Gasteiger partial charge is 0.366 e. The molecule has 0 fully saturated rings. The highest BCUT2D eigenvalue weighted by Crippen LogP contribution is 1.88. The lowest BCUT2D eigenvalue weighted by Crippen LogP contribution is -2.23. The van der Waals surface area contributed by atoms with Crippen molar-refractivity contribution in [2.45, 2.75) is 26.8 Å². The molecule has 3 N–H and O–H groups in total. The third-order valence-corrected chi connectivity index (χ3v) is 1.32. The molecule has 0 rings (SSSR count). The van der Waals surface area contributed by atoms with Crippen LogP contribution in [0.25, 0.3) is 0 Å². The maximum absolute atomic E-state index is 10.5. The molecule has 0 aliphatic rings. The summed E-state index contributed by atoms with van der Waals surface area (Å²) in [5.74, 6) is -0.351. The Kier molecular flexibility index (Phi) is 4.54. The number of amides is 1.